The number of nitrogens with zero attached hydrogens (tertiary/aromatic N) is 1. The second-order valence-corrected chi connectivity index (χ2v) is 4.37. The second-order valence-electron chi connectivity index (χ2n) is 4.37. The van der Waals surface area contributed by atoms with Crippen molar-refractivity contribution in [3.63, 3.8) is 0 Å². The molecule has 0 amide bonds. The van der Waals surface area contributed by atoms with Crippen molar-refractivity contribution in [3.05, 3.63) is 29.7 Å². The topological polar surface area (TPSA) is 63.3 Å². The van der Waals surface area contributed by atoms with Crippen LogP contribution in [-0.2, 0) is 10.2 Å². The van der Waals surface area contributed by atoms with Gasteiger partial charge in [-0.2, -0.15) is 0 Å². The predicted octanol–water partition coefficient (Wildman–Crippen LogP) is 2.50. The monoisotopic (exact) mass is 219 g/mol. The molecule has 0 aliphatic carbocycles. The summed E-state index contributed by atoms with van der Waals surface area (Å²) in [5, 5.41) is 9.09. The van der Waals surface area contributed by atoms with Gasteiger partial charge in [-0.25, -0.2) is 4.98 Å². The lowest BCUT2D eigenvalue weighted by Gasteiger charge is -2.13. The first-order valence-corrected chi connectivity index (χ1v) is 5.03. The third kappa shape index (κ3) is 1.46. The van der Waals surface area contributed by atoms with Gasteiger partial charge in [0.2, 0.25) is 5.89 Å². The highest BCUT2D eigenvalue weighted by atomic mass is 16.4. The summed E-state index contributed by atoms with van der Waals surface area (Å²) in [5.74, 6) is -0.707. The van der Waals surface area contributed by atoms with Crippen LogP contribution in [-0.4, -0.2) is 16.1 Å². The summed E-state index contributed by atoms with van der Waals surface area (Å²) in [6.07, 6.45) is 0. The number of carbonyl (C=O) groups is 1. The number of hydrogen-bond acceptors (Lipinski definition) is 3. The zero-order valence-corrected chi connectivity index (χ0v) is 9.44. The summed E-state index contributed by atoms with van der Waals surface area (Å²) in [5.41, 5.74) is 1.23. The van der Waals surface area contributed by atoms with Crippen molar-refractivity contribution < 1.29 is 14.3 Å². The lowest BCUT2D eigenvalue weighted by Crippen LogP contribution is -2.28. The predicted molar refractivity (Wildman–Crippen MR) is 59.4 cm³/mol. The highest BCUT2D eigenvalue weighted by Gasteiger charge is 2.35. The number of fused-ring (bicyclic) bond motifs is 1. The number of carboxylic acid groups (broad SMARTS) is 1. The molecule has 0 fully saturated rings. The molecule has 4 nitrogen and oxygen atoms in total. The van der Waals surface area contributed by atoms with Crippen molar-refractivity contribution in [2.24, 2.45) is 0 Å². The first-order chi connectivity index (χ1) is 7.43. The van der Waals surface area contributed by atoms with E-state index in [1.807, 2.05) is 19.1 Å². The van der Waals surface area contributed by atoms with Crippen LogP contribution in [0.4, 0.5) is 0 Å². The van der Waals surface area contributed by atoms with Crippen molar-refractivity contribution in [2.75, 3.05) is 0 Å². The fourth-order valence-corrected chi connectivity index (χ4v) is 1.45. The molecular formula is C12H13NO3. The molecule has 0 aliphatic heterocycles. The lowest BCUT2D eigenvalue weighted by atomic mass is 9.94. The van der Waals surface area contributed by atoms with Gasteiger partial charge in [-0.05, 0) is 32.4 Å². The number of aliphatic carboxylic acids is 1. The standard InChI is InChI=1S/C12H13NO3/c1-7-5-4-6-8-9(7)13-10(16-8)12(2,3)11(14)15/h4-6H,1-3H3,(H,14,15). The molecule has 84 valence electrons. The van der Waals surface area contributed by atoms with Crippen LogP contribution < -0.4 is 0 Å². The summed E-state index contributed by atoms with van der Waals surface area (Å²) >= 11 is 0. The molecule has 2 aromatic rings. The molecule has 1 aromatic heterocycles. The van der Waals surface area contributed by atoms with Gasteiger partial charge in [0.25, 0.3) is 0 Å². The Bertz CT molecular complexity index is 554. The van der Waals surface area contributed by atoms with E-state index in [0.717, 1.165) is 11.1 Å². The molecule has 2 rings (SSSR count). The van der Waals surface area contributed by atoms with E-state index in [1.165, 1.54) is 0 Å². The van der Waals surface area contributed by atoms with Gasteiger partial charge in [0, 0.05) is 0 Å². The Kier molecular flexibility index (Phi) is 2.22. The number of aryl methyl sites for hydroxylation is 1. The van der Waals surface area contributed by atoms with Crippen molar-refractivity contribution in [2.45, 2.75) is 26.2 Å². The minimum atomic E-state index is -1.11. The zero-order valence-electron chi connectivity index (χ0n) is 9.44. The molecular weight excluding hydrogens is 206 g/mol. The minimum Gasteiger partial charge on any atom is -0.480 e. The normalized spacial score (nSPS) is 11.9. The first-order valence-electron chi connectivity index (χ1n) is 5.03. The first kappa shape index (κ1) is 10.7. The van der Waals surface area contributed by atoms with Crippen LogP contribution in [0.15, 0.2) is 22.6 Å². The molecule has 0 saturated heterocycles. The molecule has 4 heteroatoms. The Morgan fingerprint density at radius 1 is 1.44 bits per heavy atom. The van der Waals surface area contributed by atoms with Crippen LogP contribution in [0.3, 0.4) is 0 Å². The van der Waals surface area contributed by atoms with E-state index in [1.54, 1.807) is 19.9 Å². The summed E-state index contributed by atoms with van der Waals surface area (Å²) in [6, 6.07) is 5.57. The van der Waals surface area contributed by atoms with Crippen molar-refractivity contribution in [1.29, 1.82) is 0 Å². The van der Waals surface area contributed by atoms with E-state index in [-0.39, 0.29) is 5.89 Å². The molecule has 1 aromatic carbocycles. The quantitative estimate of drug-likeness (QED) is 0.842. The third-order valence-corrected chi connectivity index (χ3v) is 2.69. The van der Waals surface area contributed by atoms with Gasteiger partial charge in [0.1, 0.15) is 10.9 Å². The van der Waals surface area contributed by atoms with E-state index in [9.17, 15) is 4.79 Å². The largest absolute Gasteiger partial charge is 0.480 e. The molecule has 1 N–H and O–H groups in total. The van der Waals surface area contributed by atoms with Crippen LogP contribution in [0.2, 0.25) is 0 Å². The smallest absolute Gasteiger partial charge is 0.318 e. The summed E-state index contributed by atoms with van der Waals surface area (Å²) in [7, 11) is 0. The number of rotatable bonds is 2. The number of para-hydroxylation sites is 1. The number of hydrogen-bond donors (Lipinski definition) is 1. The molecule has 0 atom stereocenters. The van der Waals surface area contributed by atoms with Crippen LogP contribution in [0, 0.1) is 6.92 Å². The van der Waals surface area contributed by atoms with Crippen molar-refractivity contribution >= 4 is 17.1 Å². The van der Waals surface area contributed by atoms with E-state index in [4.69, 9.17) is 9.52 Å². The Hall–Kier alpha value is -1.84. The molecule has 16 heavy (non-hydrogen) atoms. The molecule has 0 saturated carbocycles. The molecule has 0 aliphatic rings. The van der Waals surface area contributed by atoms with Gasteiger partial charge in [-0.15, -0.1) is 0 Å². The molecule has 1 heterocycles. The Morgan fingerprint density at radius 2 is 2.12 bits per heavy atom. The Morgan fingerprint density at radius 3 is 2.69 bits per heavy atom. The summed E-state index contributed by atoms with van der Waals surface area (Å²) in [6.45, 7) is 5.08. The van der Waals surface area contributed by atoms with Gasteiger partial charge in [0.15, 0.2) is 5.58 Å². The number of oxazole rings is 1. The molecule has 0 radical (unpaired) electrons. The minimum absolute atomic E-state index is 0.240. The number of benzene rings is 1. The maximum atomic E-state index is 11.1. The van der Waals surface area contributed by atoms with Crippen molar-refractivity contribution in [3.8, 4) is 0 Å². The van der Waals surface area contributed by atoms with Gasteiger partial charge in [-0.1, -0.05) is 12.1 Å². The fourth-order valence-electron chi connectivity index (χ4n) is 1.45. The Balaban J connectivity index is 2.64. The highest BCUT2D eigenvalue weighted by Crippen LogP contribution is 2.27. The van der Waals surface area contributed by atoms with Gasteiger partial charge < -0.3 is 9.52 Å². The summed E-state index contributed by atoms with van der Waals surface area (Å²) < 4.78 is 5.48. The van der Waals surface area contributed by atoms with Crippen LogP contribution >= 0.6 is 0 Å². The van der Waals surface area contributed by atoms with Gasteiger partial charge in [-0.3, -0.25) is 4.79 Å². The van der Waals surface area contributed by atoms with E-state index < -0.39 is 11.4 Å². The molecule has 0 spiro atoms. The average Bonchev–Trinajstić information content (AvgIpc) is 2.63. The zero-order chi connectivity index (χ0) is 11.9. The molecule has 0 unspecified atom stereocenters. The molecule has 0 bridgehead atoms. The maximum absolute atomic E-state index is 11.1. The highest BCUT2D eigenvalue weighted by molar-refractivity contribution is 5.81. The Labute approximate surface area is 92.9 Å². The van der Waals surface area contributed by atoms with Gasteiger partial charge >= 0.3 is 5.97 Å². The fraction of sp³-hybridized carbons (Fsp3) is 0.333. The van der Waals surface area contributed by atoms with Crippen LogP contribution in [0.1, 0.15) is 25.3 Å². The van der Waals surface area contributed by atoms with E-state index in [0.29, 0.717) is 5.58 Å². The summed E-state index contributed by atoms with van der Waals surface area (Å²) in [4.78, 5) is 15.3. The van der Waals surface area contributed by atoms with E-state index in [2.05, 4.69) is 4.98 Å². The maximum Gasteiger partial charge on any atom is 0.318 e. The number of aromatic nitrogens is 1. The third-order valence-electron chi connectivity index (χ3n) is 2.69. The number of carboxylic acids is 1. The van der Waals surface area contributed by atoms with Crippen LogP contribution in [0.25, 0.3) is 11.1 Å². The van der Waals surface area contributed by atoms with Gasteiger partial charge in [0.05, 0.1) is 0 Å². The van der Waals surface area contributed by atoms with E-state index >= 15 is 0 Å². The van der Waals surface area contributed by atoms with Crippen molar-refractivity contribution in [1.82, 2.24) is 4.98 Å². The van der Waals surface area contributed by atoms with Crippen LogP contribution in [0.5, 0.6) is 0 Å². The second kappa shape index (κ2) is 3.33. The average molecular weight is 219 g/mol. The SMILES string of the molecule is Cc1cccc2oc(C(C)(C)C(=O)O)nc12. The lowest BCUT2D eigenvalue weighted by molar-refractivity contribution is -0.143.